The zero-order valence-electron chi connectivity index (χ0n) is 28.5. The summed E-state index contributed by atoms with van der Waals surface area (Å²) in [6.45, 7) is 4.92. The van der Waals surface area contributed by atoms with Gasteiger partial charge < -0.3 is 34.6 Å². The van der Waals surface area contributed by atoms with Gasteiger partial charge in [-0.15, -0.1) is 0 Å². The van der Waals surface area contributed by atoms with Crippen molar-refractivity contribution >= 4 is 17.8 Å². The number of carbonyl (C=O) groups excluding carboxylic acids is 3. The molecule has 5 atom stereocenters. The van der Waals surface area contributed by atoms with Gasteiger partial charge in [0.05, 0.1) is 18.8 Å². The van der Waals surface area contributed by atoms with Crippen molar-refractivity contribution in [3.63, 3.8) is 0 Å². The van der Waals surface area contributed by atoms with Crippen molar-refractivity contribution in [2.24, 2.45) is 0 Å². The molecule has 0 spiro atoms. The van der Waals surface area contributed by atoms with E-state index in [2.05, 4.69) is 5.32 Å². The summed E-state index contributed by atoms with van der Waals surface area (Å²) in [5.41, 5.74) is 1.99. The first-order valence-electron chi connectivity index (χ1n) is 16.7. The van der Waals surface area contributed by atoms with Crippen LogP contribution in [-0.2, 0) is 40.8 Å². The van der Waals surface area contributed by atoms with Crippen LogP contribution >= 0.6 is 0 Å². The van der Waals surface area contributed by atoms with Crippen LogP contribution < -0.4 is 5.32 Å². The molecule has 260 valence electrons. The Kier molecular flexibility index (Phi) is 11.3. The molecule has 0 aromatic heterocycles. The highest BCUT2D eigenvalue weighted by molar-refractivity contribution is 5.97. The molecular formula is C39H46N2O8. The molecule has 0 unspecified atom stereocenters. The van der Waals surface area contributed by atoms with Crippen LogP contribution in [0.1, 0.15) is 56.7 Å². The third kappa shape index (κ3) is 8.63. The Morgan fingerprint density at radius 3 is 2.06 bits per heavy atom. The molecule has 1 fully saturated rings. The highest BCUT2D eigenvalue weighted by atomic mass is 16.8. The average Bonchev–Trinajstić information content (AvgIpc) is 3.50. The molecule has 0 radical (unpaired) electrons. The summed E-state index contributed by atoms with van der Waals surface area (Å²) in [4.78, 5) is 41.6. The maximum atomic E-state index is 14.1. The van der Waals surface area contributed by atoms with Gasteiger partial charge in [0.15, 0.2) is 0 Å². The number of rotatable bonds is 12. The standard InChI is InChI=1S/C39H46N2O8/c1-38(2,3)48-34(44)21-20-30(25-42)40-36(45)31(22-26-14-8-5-9-15-26)41(4)37(46)27-23-32(43)35-33(24-27)47-39(49-35,28-16-10-6-11-17-28)29-18-12-7-13-19-29/h5-19,24,30-33,35,42-43H,20-23,25H2,1-4H3,(H,40,45)/t30-,31+,32+,33+,35-/m0/s1. The fraction of sp³-hybridized carbons (Fsp3) is 0.410. The number of fused-ring (bicyclic) bond motifs is 1. The summed E-state index contributed by atoms with van der Waals surface area (Å²) < 4.78 is 18.5. The minimum atomic E-state index is -1.30. The second-order valence-corrected chi connectivity index (χ2v) is 13.6. The number of hydrogen-bond acceptors (Lipinski definition) is 8. The highest BCUT2D eigenvalue weighted by Crippen LogP contribution is 2.46. The third-order valence-electron chi connectivity index (χ3n) is 8.73. The van der Waals surface area contributed by atoms with Crippen molar-refractivity contribution in [3.05, 3.63) is 119 Å². The van der Waals surface area contributed by atoms with Gasteiger partial charge in [0.1, 0.15) is 23.9 Å². The van der Waals surface area contributed by atoms with E-state index in [9.17, 15) is 24.6 Å². The molecule has 5 rings (SSSR count). The molecule has 49 heavy (non-hydrogen) atoms. The lowest BCUT2D eigenvalue weighted by atomic mass is 9.91. The topological polar surface area (TPSA) is 135 Å². The molecule has 3 aromatic carbocycles. The lowest BCUT2D eigenvalue weighted by molar-refractivity contribution is -0.156. The molecule has 0 bridgehead atoms. The average molecular weight is 671 g/mol. The van der Waals surface area contributed by atoms with Crippen LogP contribution in [0.5, 0.6) is 0 Å². The van der Waals surface area contributed by atoms with Gasteiger partial charge >= 0.3 is 5.97 Å². The van der Waals surface area contributed by atoms with E-state index in [0.717, 1.165) is 16.7 Å². The molecule has 10 nitrogen and oxygen atoms in total. The Hall–Kier alpha value is -4.35. The molecule has 2 aliphatic rings. The van der Waals surface area contributed by atoms with E-state index in [-0.39, 0.29) is 25.7 Å². The minimum Gasteiger partial charge on any atom is -0.460 e. The largest absolute Gasteiger partial charge is 0.460 e. The third-order valence-corrected chi connectivity index (χ3v) is 8.73. The van der Waals surface area contributed by atoms with E-state index >= 15 is 0 Å². The molecule has 3 N–H and O–H groups in total. The lowest BCUT2D eigenvalue weighted by Gasteiger charge is -2.32. The smallest absolute Gasteiger partial charge is 0.306 e. The van der Waals surface area contributed by atoms with Gasteiger partial charge in [-0.3, -0.25) is 14.4 Å². The summed E-state index contributed by atoms with van der Waals surface area (Å²) in [5.74, 6) is -2.65. The number of carbonyl (C=O) groups is 3. The molecule has 1 saturated heterocycles. The van der Waals surface area contributed by atoms with Crippen molar-refractivity contribution < 1.29 is 38.8 Å². The summed E-state index contributed by atoms with van der Waals surface area (Å²) in [6.07, 6.45) is -0.471. The van der Waals surface area contributed by atoms with Crippen LogP contribution in [0.4, 0.5) is 0 Å². The van der Waals surface area contributed by atoms with Gasteiger partial charge in [0.2, 0.25) is 17.6 Å². The zero-order valence-corrected chi connectivity index (χ0v) is 28.5. The number of nitrogens with one attached hydrogen (secondary N) is 1. The van der Waals surface area contributed by atoms with Crippen molar-refractivity contribution in [2.45, 2.75) is 88.2 Å². The SMILES string of the molecule is CN(C(=O)C1=C[C@H]2OC(c3ccccc3)(c3ccccc3)O[C@H]2[C@H](O)C1)[C@H](Cc1ccccc1)C(=O)N[C@H](CO)CCC(=O)OC(C)(C)C. The molecule has 1 aliphatic heterocycles. The van der Waals surface area contributed by atoms with E-state index in [1.807, 2.05) is 91.0 Å². The van der Waals surface area contributed by atoms with Crippen molar-refractivity contribution in [1.82, 2.24) is 10.2 Å². The Morgan fingerprint density at radius 1 is 0.939 bits per heavy atom. The number of esters is 1. The number of benzene rings is 3. The monoisotopic (exact) mass is 670 g/mol. The van der Waals surface area contributed by atoms with Crippen LogP contribution in [0, 0.1) is 0 Å². The molecule has 1 aliphatic carbocycles. The van der Waals surface area contributed by atoms with Crippen LogP contribution in [0.25, 0.3) is 0 Å². The Bertz CT molecular complexity index is 1570. The number of ether oxygens (including phenoxy) is 3. The number of aliphatic hydroxyl groups is 2. The van der Waals surface area contributed by atoms with Gasteiger partial charge in [0.25, 0.3) is 0 Å². The fourth-order valence-corrected chi connectivity index (χ4v) is 6.29. The highest BCUT2D eigenvalue weighted by Gasteiger charge is 2.53. The molecule has 10 heteroatoms. The molecule has 2 amide bonds. The van der Waals surface area contributed by atoms with Crippen molar-refractivity contribution in [3.8, 4) is 0 Å². The number of hydrogen-bond donors (Lipinski definition) is 3. The van der Waals surface area contributed by atoms with Gasteiger partial charge in [-0.1, -0.05) is 91.0 Å². The van der Waals surface area contributed by atoms with Gasteiger partial charge in [-0.05, 0) is 38.8 Å². The van der Waals surface area contributed by atoms with Crippen LogP contribution in [-0.4, -0.2) is 82.5 Å². The lowest BCUT2D eigenvalue weighted by Crippen LogP contribution is -2.53. The summed E-state index contributed by atoms with van der Waals surface area (Å²) in [5, 5.41) is 24.2. The molecule has 3 aromatic rings. The van der Waals surface area contributed by atoms with Crippen molar-refractivity contribution in [1.29, 1.82) is 0 Å². The van der Waals surface area contributed by atoms with Gasteiger partial charge in [0, 0.05) is 43.0 Å². The number of likely N-dealkylation sites (N-methyl/N-ethyl adjacent to an activating group) is 1. The van der Waals surface area contributed by atoms with E-state index in [1.165, 1.54) is 4.90 Å². The van der Waals surface area contributed by atoms with Gasteiger partial charge in [-0.2, -0.15) is 0 Å². The predicted octanol–water partition coefficient (Wildman–Crippen LogP) is 4.03. The minimum absolute atomic E-state index is 0.00217. The number of amides is 2. The quantitative estimate of drug-likeness (QED) is 0.246. The Balaban J connectivity index is 1.37. The van der Waals surface area contributed by atoms with Crippen LogP contribution in [0.15, 0.2) is 103 Å². The summed E-state index contributed by atoms with van der Waals surface area (Å²) in [7, 11) is 1.55. The Labute approximate surface area is 287 Å². The van der Waals surface area contributed by atoms with Crippen LogP contribution in [0.3, 0.4) is 0 Å². The van der Waals surface area contributed by atoms with E-state index in [4.69, 9.17) is 14.2 Å². The van der Waals surface area contributed by atoms with Gasteiger partial charge in [-0.25, -0.2) is 0 Å². The molecule has 0 saturated carbocycles. The van der Waals surface area contributed by atoms with E-state index in [1.54, 1.807) is 33.9 Å². The van der Waals surface area contributed by atoms with Crippen LogP contribution in [0.2, 0.25) is 0 Å². The first kappa shape index (κ1) is 35.9. The second kappa shape index (κ2) is 15.5. The maximum Gasteiger partial charge on any atom is 0.306 e. The van der Waals surface area contributed by atoms with E-state index < -0.39 is 66.2 Å². The normalized spacial score (nSPS) is 21.1. The zero-order chi connectivity index (χ0) is 35.2. The summed E-state index contributed by atoms with van der Waals surface area (Å²) in [6, 6.07) is 26.6. The number of aliphatic hydroxyl groups excluding tert-OH is 2. The number of nitrogens with zero attached hydrogens (tertiary/aromatic N) is 1. The fourth-order valence-electron chi connectivity index (χ4n) is 6.29. The van der Waals surface area contributed by atoms with E-state index in [0.29, 0.717) is 5.57 Å². The Morgan fingerprint density at radius 2 is 1.51 bits per heavy atom. The maximum absolute atomic E-state index is 14.1. The molecular weight excluding hydrogens is 624 g/mol. The second-order valence-electron chi connectivity index (χ2n) is 13.6. The first-order chi connectivity index (χ1) is 23.4. The van der Waals surface area contributed by atoms with Crippen molar-refractivity contribution in [2.75, 3.05) is 13.7 Å². The summed E-state index contributed by atoms with van der Waals surface area (Å²) >= 11 is 0. The predicted molar refractivity (Wildman–Crippen MR) is 183 cm³/mol. The molecule has 1 heterocycles. The first-order valence-corrected chi connectivity index (χ1v) is 16.7.